The third kappa shape index (κ3) is 3.83. The summed E-state index contributed by atoms with van der Waals surface area (Å²) in [5, 5.41) is 9.56. The molecule has 0 spiro atoms. The molecule has 0 fully saturated rings. The smallest absolute Gasteiger partial charge is 0.422 e. The van der Waals surface area contributed by atoms with Crippen molar-refractivity contribution in [2.24, 2.45) is 0 Å². The first-order chi connectivity index (χ1) is 9.72. The van der Waals surface area contributed by atoms with Crippen LogP contribution >= 0.6 is 0 Å². The first-order valence-corrected chi connectivity index (χ1v) is 5.92. The number of nitrogens with zero attached hydrogens (tertiary/aromatic N) is 1. The molecule has 1 aromatic rings. The highest BCUT2D eigenvalue weighted by Gasteiger charge is 2.40. The topological polar surface area (TPSA) is 76.7 Å². The number of aromatic nitrogens is 1. The van der Waals surface area contributed by atoms with Gasteiger partial charge in [0, 0.05) is 4.73 Å². The Kier molecular flexibility index (Phi) is 5.12. The van der Waals surface area contributed by atoms with Crippen LogP contribution in [0.3, 0.4) is 0 Å². The summed E-state index contributed by atoms with van der Waals surface area (Å²) in [6, 6.07) is 0.428. The van der Waals surface area contributed by atoms with Gasteiger partial charge in [-0.25, -0.2) is 9.59 Å². The van der Waals surface area contributed by atoms with Gasteiger partial charge >= 0.3 is 23.8 Å². The minimum Gasteiger partial charge on any atom is -0.462 e. The molecule has 9 heteroatoms. The molecular formula is C12H13F3NO5+. The molecule has 1 heterocycles. The van der Waals surface area contributed by atoms with Gasteiger partial charge in [-0.3, -0.25) is 5.21 Å². The molecule has 116 valence electrons. The van der Waals surface area contributed by atoms with Crippen molar-refractivity contribution in [3.8, 4) is 0 Å². The predicted octanol–water partition coefficient (Wildman–Crippen LogP) is 1.58. The predicted molar refractivity (Wildman–Crippen MR) is 60.7 cm³/mol. The van der Waals surface area contributed by atoms with E-state index in [0.717, 1.165) is 0 Å². The number of esters is 2. The molecule has 0 saturated heterocycles. The number of ether oxygens (including phenoxy) is 2. The molecule has 6 nitrogen and oxygen atoms in total. The standard InChI is InChI=1S/C12H13F3NO5/c1-3-20-10(17)8-5-7(12(13,14)15)6-16(19)9(8)11(18)21-4-2/h5-6,19H,3-4H2,1-2H3/q+1. The lowest BCUT2D eigenvalue weighted by atomic mass is 10.1. The fraction of sp³-hybridized carbons (Fsp3) is 0.417. The summed E-state index contributed by atoms with van der Waals surface area (Å²) in [6.45, 7) is 2.72. The van der Waals surface area contributed by atoms with Crippen LogP contribution in [0.4, 0.5) is 13.2 Å². The number of carbonyl (C=O) groups excluding carboxylic acids is 2. The van der Waals surface area contributed by atoms with Crippen LogP contribution in [0, 0.1) is 0 Å². The number of hydrogen-bond acceptors (Lipinski definition) is 5. The minimum absolute atomic E-state index is 0.0812. The summed E-state index contributed by atoms with van der Waals surface area (Å²) in [6.07, 6.45) is -4.53. The first kappa shape index (κ1) is 16.7. The van der Waals surface area contributed by atoms with Crippen molar-refractivity contribution in [1.29, 1.82) is 0 Å². The second-order valence-electron chi connectivity index (χ2n) is 3.77. The maximum absolute atomic E-state index is 12.7. The van der Waals surface area contributed by atoms with E-state index in [0.29, 0.717) is 6.07 Å². The van der Waals surface area contributed by atoms with Gasteiger partial charge in [0.05, 0.1) is 13.2 Å². The summed E-state index contributed by atoms with van der Waals surface area (Å²) < 4.78 is 47.1. The zero-order valence-corrected chi connectivity index (χ0v) is 11.2. The van der Waals surface area contributed by atoms with E-state index in [1.807, 2.05) is 0 Å². The van der Waals surface area contributed by atoms with Crippen LogP contribution in [-0.2, 0) is 15.7 Å². The number of pyridine rings is 1. The summed E-state index contributed by atoms with van der Waals surface area (Å²) in [4.78, 5) is 23.3. The van der Waals surface area contributed by atoms with Crippen molar-refractivity contribution in [1.82, 2.24) is 0 Å². The van der Waals surface area contributed by atoms with Gasteiger partial charge < -0.3 is 9.47 Å². The summed E-state index contributed by atoms with van der Waals surface area (Å²) >= 11 is 0. The van der Waals surface area contributed by atoms with Crippen LogP contribution in [-0.4, -0.2) is 30.4 Å². The molecule has 1 rings (SSSR count). The molecule has 21 heavy (non-hydrogen) atoms. The molecule has 0 aromatic carbocycles. The average Bonchev–Trinajstić information content (AvgIpc) is 2.37. The second kappa shape index (κ2) is 6.42. The van der Waals surface area contributed by atoms with Crippen molar-refractivity contribution in [2.45, 2.75) is 20.0 Å². The highest BCUT2D eigenvalue weighted by atomic mass is 19.4. The zero-order valence-electron chi connectivity index (χ0n) is 11.2. The fourth-order valence-electron chi connectivity index (χ4n) is 1.50. The summed E-state index contributed by atoms with van der Waals surface area (Å²) in [7, 11) is 0. The van der Waals surface area contributed by atoms with E-state index in [9.17, 15) is 28.0 Å². The van der Waals surface area contributed by atoms with Gasteiger partial charge in [0.1, 0.15) is 11.1 Å². The van der Waals surface area contributed by atoms with E-state index in [1.165, 1.54) is 13.8 Å². The Labute approximate surface area is 117 Å². The van der Waals surface area contributed by atoms with Crippen LogP contribution in [0.5, 0.6) is 0 Å². The highest BCUT2D eigenvalue weighted by molar-refractivity contribution is 6.00. The van der Waals surface area contributed by atoms with Gasteiger partial charge in [-0.1, -0.05) is 0 Å². The lowest BCUT2D eigenvalue weighted by Crippen LogP contribution is -2.42. The summed E-state index contributed by atoms with van der Waals surface area (Å²) in [5.74, 6) is -2.31. The third-order valence-corrected chi connectivity index (χ3v) is 2.34. The largest absolute Gasteiger partial charge is 0.462 e. The number of rotatable bonds is 4. The maximum Gasteiger partial charge on any atom is 0.422 e. The molecule has 0 radical (unpaired) electrons. The second-order valence-corrected chi connectivity index (χ2v) is 3.77. The molecule has 0 bridgehead atoms. The fourth-order valence-corrected chi connectivity index (χ4v) is 1.50. The number of carbonyl (C=O) groups is 2. The molecule has 0 saturated carbocycles. The van der Waals surface area contributed by atoms with E-state index in [1.54, 1.807) is 0 Å². The third-order valence-electron chi connectivity index (χ3n) is 2.34. The van der Waals surface area contributed by atoms with Crippen LogP contribution in [0.2, 0.25) is 0 Å². The van der Waals surface area contributed by atoms with Crippen LogP contribution in [0.15, 0.2) is 12.3 Å². The Hall–Kier alpha value is -2.32. The number of halogens is 3. The zero-order chi connectivity index (χ0) is 16.2. The quantitative estimate of drug-likeness (QED) is 0.519. The Morgan fingerprint density at radius 1 is 1.19 bits per heavy atom. The summed E-state index contributed by atoms with van der Waals surface area (Å²) in [5.41, 5.74) is -2.77. The highest BCUT2D eigenvalue weighted by Crippen LogP contribution is 2.29. The van der Waals surface area contributed by atoms with E-state index in [2.05, 4.69) is 9.47 Å². The van der Waals surface area contributed by atoms with E-state index < -0.39 is 34.9 Å². The van der Waals surface area contributed by atoms with Crippen LogP contribution in [0.25, 0.3) is 0 Å². The lowest BCUT2D eigenvalue weighted by Gasteiger charge is -2.08. The Bertz CT molecular complexity index is 557. The van der Waals surface area contributed by atoms with E-state index in [-0.39, 0.29) is 24.1 Å². The Morgan fingerprint density at radius 2 is 1.71 bits per heavy atom. The Balaban J connectivity index is 3.48. The maximum atomic E-state index is 12.7. The van der Waals surface area contributed by atoms with Crippen molar-refractivity contribution in [3.05, 3.63) is 29.1 Å². The molecule has 0 atom stereocenters. The van der Waals surface area contributed by atoms with E-state index in [4.69, 9.17) is 0 Å². The minimum atomic E-state index is -4.81. The van der Waals surface area contributed by atoms with Crippen molar-refractivity contribution in [3.63, 3.8) is 0 Å². The van der Waals surface area contributed by atoms with Crippen molar-refractivity contribution < 1.29 is 42.2 Å². The van der Waals surface area contributed by atoms with Crippen LogP contribution in [0.1, 0.15) is 40.3 Å². The Morgan fingerprint density at radius 3 is 2.19 bits per heavy atom. The van der Waals surface area contributed by atoms with Gasteiger partial charge in [0.15, 0.2) is 0 Å². The van der Waals surface area contributed by atoms with Crippen LogP contribution < -0.4 is 4.73 Å². The molecule has 0 amide bonds. The molecule has 1 aromatic heterocycles. The molecule has 0 aliphatic heterocycles. The van der Waals surface area contributed by atoms with Gasteiger partial charge in [-0.15, -0.1) is 0 Å². The molecular weight excluding hydrogens is 295 g/mol. The van der Waals surface area contributed by atoms with Crippen molar-refractivity contribution in [2.75, 3.05) is 13.2 Å². The first-order valence-electron chi connectivity index (χ1n) is 5.92. The monoisotopic (exact) mass is 308 g/mol. The van der Waals surface area contributed by atoms with Gasteiger partial charge in [-0.2, -0.15) is 13.2 Å². The SMILES string of the molecule is CCOC(=O)c1cc(C(F)(F)F)c[n+](O)c1C(=O)OCC. The number of hydrogen-bond donors (Lipinski definition) is 1. The number of alkyl halides is 3. The van der Waals surface area contributed by atoms with Crippen molar-refractivity contribution >= 4 is 11.9 Å². The van der Waals surface area contributed by atoms with Gasteiger partial charge in [0.2, 0.25) is 6.20 Å². The molecule has 0 unspecified atom stereocenters. The molecule has 0 aliphatic carbocycles. The van der Waals surface area contributed by atoms with Gasteiger partial charge in [0.25, 0.3) is 0 Å². The molecule has 1 N–H and O–H groups in total. The van der Waals surface area contributed by atoms with Gasteiger partial charge in [-0.05, 0) is 19.9 Å². The average molecular weight is 308 g/mol. The van der Waals surface area contributed by atoms with E-state index >= 15 is 0 Å². The lowest BCUT2D eigenvalue weighted by molar-refractivity contribution is -0.906. The molecule has 0 aliphatic rings. The normalized spacial score (nSPS) is 11.1.